The van der Waals surface area contributed by atoms with Crippen molar-refractivity contribution in [2.75, 3.05) is 11.5 Å². The number of nitrogens with zero attached hydrogens (tertiary/aromatic N) is 1. The van der Waals surface area contributed by atoms with Crippen LogP contribution >= 0.6 is 0 Å². The molecule has 2 N–H and O–H groups in total. The lowest BCUT2D eigenvalue weighted by Crippen LogP contribution is -2.09. The molecule has 4 nitrogen and oxygen atoms in total. The van der Waals surface area contributed by atoms with Crippen molar-refractivity contribution in [1.82, 2.24) is 4.98 Å². The van der Waals surface area contributed by atoms with Crippen molar-refractivity contribution in [2.45, 2.75) is 12.7 Å². The summed E-state index contributed by atoms with van der Waals surface area (Å²) in [6.45, 7) is 1.63. The molecule has 2 aromatic rings. The lowest BCUT2D eigenvalue weighted by Gasteiger charge is -2.09. The third-order valence-electron chi connectivity index (χ3n) is 2.74. The summed E-state index contributed by atoms with van der Waals surface area (Å²) >= 11 is 0. The molecule has 90 valence electrons. The van der Waals surface area contributed by atoms with Crippen LogP contribution in [0.4, 0.5) is 5.69 Å². The number of anilines is 1. The quantitative estimate of drug-likeness (QED) is 0.842. The number of nitrogen functional groups attached to an aromatic ring is 1. The van der Waals surface area contributed by atoms with E-state index >= 15 is 0 Å². The molecular weight excluding hydrogens is 236 g/mol. The summed E-state index contributed by atoms with van der Waals surface area (Å²) in [4.78, 5) is 4.19. The van der Waals surface area contributed by atoms with Crippen LogP contribution in [0.15, 0.2) is 30.5 Å². The molecule has 0 aliphatic heterocycles. The number of fused-ring (bicyclic) bond motifs is 1. The minimum Gasteiger partial charge on any atom is -0.398 e. The monoisotopic (exact) mass is 250 g/mol. The Kier molecular flexibility index (Phi) is 3.02. The van der Waals surface area contributed by atoms with Gasteiger partial charge in [-0.05, 0) is 23.8 Å². The van der Waals surface area contributed by atoms with Crippen molar-refractivity contribution in [2.24, 2.45) is 0 Å². The molecule has 0 radical (unpaired) electrons. The Morgan fingerprint density at radius 2 is 2.06 bits per heavy atom. The van der Waals surface area contributed by atoms with Crippen LogP contribution in [0.5, 0.6) is 0 Å². The van der Waals surface area contributed by atoms with E-state index in [-0.39, 0.29) is 11.5 Å². The number of hydrogen-bond donors (Lipinski definition) is 1. The lowest BCUT2D eigenvalue weighted by atomic mass is 10.1. The van der Waals surface area contributed by atoms with Gasteiger partial charge < -0.3 is 5.73 Å². The van der Waals surface area contributed by atoms with E-state index in [4.69, 9.17) is 5.73 Å². The largest absolute Gasteiger partial charge is 0.398 e. The average Bonchev–Trinajstić information content (AvgIpc) is 2.33. The Morgan fingerprint density at radius 1 is 1.29 bits per heavy atom. The second-order valence-corrected chi connectivity index (χ2v) is 6.23. The number of benzene rings is 1. The van der Waals surface area contributed by atoms with E-state index in [1.807, 2.05) is 6.07 Å². The van der Waals surface area contributed by atoms with Gasteiger partial charge in [0.2, 0.25) is 0 Å². The fourth-order valence-electron chi connectivity index (χ4n) is 1.71. The molecule has 0 saturated carbocycles. The van der Waals surface area contributed by atoms with Crippen LogP contribution in [-0.2, 0) is 15.6 Å². The summed E-state index contributed by atoms with van der Waals surface area (Å²) in [7, 11) is -3.09. The molecule has 0 unspecified atom stereocenters. The summed E-state index contributed by atoms with van der Waals surface area (Å²) in [5, 5.41) is 0.810. The Labute approximate surface area is 100 Å². The van der Waals surface area contributed by atoms with Gasteiger partial charge in [-0.25, -0.2) is 8.42 Å². The van der Waals surface area contributed by atoms with Crippen LogP contribution < -0.4 is 5.73 Å². The predicted molar refractivity (Wildman–Crippen MR) is 69.3 cm³/mol. The molecule has 2 rings (SSSR count). The molecule has 1 aromatic heterocycles. The van der Waals surface area contributed by atoms with Gasteiger partial charge in [-0.2, -0.15) is 0 Å². The van der Waals surface area contributed by atoms with Crippen molar-refractivity contribution >= 4 is 26.4 Å². The summed E-state index contributed by atoms with van der Waals surface area (Å²) in [5.41, 5.74) is 7.78. The highest BCUT2D eigenvalue weighted by Crippen LogP contribution is 2.24. The third kappa shape index (κ3) is 2.39. The predicted octanol–water partition coefficient (Wildman–Crippen LogP) is 1.75. The molecule has 0 bridgehead atoms. The van der Waals surface area contributed by atoms with Crippen LogP contribution in [0.3, 0.4) is 0 Å². The first-order valence-electron chi connectivity index (χ1n) is 5.36. The maximum absolute atomic E-state index is 11.7. The van der Waals surface area contributed by atoms with Crippen molar-refractivity contribution in [1.29, 1.82) is 0 Å². The second kappa shape index (κ2) is 4.33. The SMILES string of the molecule is CCS(=O)(=O)Cc1c(N)ccc2ncccc12. The lowest BCUT2D eigenvalue weighted by molar-refractivity contribution is 0.596. The Balaban J connectivity index is 2.63. The van der Waals surface area contributed by atoms with Gasteiger partial charge in [-0.15, -0.1) is 0 Å². The van der Waals surface area contributed by atoms with Crippen molar-refractivity contribution in [3.05, 3.63) is 36.0 Å². The minimum atomic E-state index is -3.09. The van der Waals surface area contributed by atoms with Crippen LogP contribution in [0.2, 0.25) is 0 Å². The number of nitrogens with two attached hydrogens (primary N) is 1. The van der Waals surface area contributed by atoms with Gasteiger partial charge in [-0.1, -0.05) is 13.0 Å². The van der Waals surface area contributed by atoms with E-state index in [0.29, 0.717) is 11.3 Å². The highest BCUT2D eigenvalue weighted by atomic mass is 32.2. The molecule has 0 fully saturated rings. The van der Waals surface area contributed by atoms with Gasteiger partial charge in [0.15, 0.2) is 9.84 Å². The van der Waals surface area contributed by atoms with Crippen molar-refractivity contribution < 1.29 is 8.42 Å². The fraction of sp³-hybridized carbons (Fsp3) is 0.250. The zero-order valence-electron chi connectivity index (χ0n) is 9.55. The number of pyridine rings is 1. The molecule has 0 saturated heterocycles. The molecule has 0 spiro atoms. The molecule has 0 aliphatic carbocycles. The van der Waals surface area contributed by atoms with Crippen LogP contribution in [0.1, 0.15) is 12.5 Å². The molecular formula is C12H14N2O2S. The number of rotatable bonds is 3. The van der Waals surface area contributed by atoms with Gasteiger partial charge in [0, 0.05) is 23.0 Å². The highest BCUT2D eigenvalue weighted by molar-refractivity contribution is 7.90. The normalized spacial score (nSPS) is 11.8. The Hall–Kier alpha value is -1.62. The summed E-state index contributed by atoms with van der Waals surface area (Å²) in [5.74, 6) is 0.0848. The van der Waals surface area contributed by atoms with Gasteiger partial charge in [-0.3, -0.25) is 4.98 Å². The van der Waals surface area contributed by atoms with Crippen molar-refractivity contribution in [3.8, 4) is 0 Å². The van der Waals surface area contributed by atoms with Gasteiger partial charge in [0.05, 0.1) is 11.3 Å². The third-order valence-corrected chi connectivity index (χ3v) is 4.35. The maximum Gasteiger partial charge on any atom is 0.154 e. The van der Waals surface area contributed by atoms with Gasteiger partial charge in [0.1, 0.15) is 0 Å². The smallest absolute Gasteiger partial charge is 0.154 e. The number of hydrogen-bond acceptors (Lipinski definition) is 4. The van der Waals surface area contributed by atoms with Crippen LogP contribution in [0, 0.1) is 0 Å². The first-order valence-corrected chi connectivity index (χ1v) is 7.18. The average molecular weight is 250 g/mol. The second-order valence-electron chi connectivity index (χ2n) is 3.88. The first-order chi connectivity index (χ1) is 8.03. The standard InChI is InChI=1S/C12H14N2O2S/c1-2-17(15,16)8-10-9-4-3-7-14-12(9)6-5-11(10)13/h3-7H,2,8,13H2,1H3. The topological polar surface area (TPSA) is 73.0 Å². The van der Waals surface area contributed by atoms with Gasteiger partial charge >= 0.3 is 0 Å². The molecule has 0 amide bonds. The van der Waals surface area contributed by atoms with E-state index in [1.165, 1.54) is 0 Å². The van der Waals surface area contributed by atoms with E-state index in [2.05, 4.69) is 4.98 Å². The molecule has 5 heteroatoms. The molecule has 1 heterocycles. The first kappa shape index (κ1) is 11.9. The number of aromatic nitrogens is 1. The van der Waals surface area contributed by atoms with Crippen LogP contribution in [0.25, 0.3) is 10.9 Å². The Bertz CT molecular complexity index is 651. The number of sulfone groups is 1. The fourth-order valence-corrected chi connectivity index (χ4v) is 2.68. The van der Waals surface area contributed by atoms with Gasteiger partial charge in [0.25, 0.3) is 0 Å². The molecule has 0 aliphatic rings. The van der Waals surface area contributed by atoms with E-state index in [1.54, 1.807) is 31.3 Å². The van der Waals surface area contributed by atoms with E-state index in [0.717, 1.165) is 10.9 Å². The van der Waals surface area contributed by atoms with E-state index in [9.17, 15) is 8.42 Å². The summed E-state index contributed by atoms with van der Waals surface area (Å²) in [6, 6.07) is 7.13. The van der Waals surface area contributed by atoms with Crippen LogP contribution in [-0.4, -0.2) is 19.2 Å². The zero-order chi connectivity index (χ0) is 12.5. The maximum atomic E-state index is 11.7. The molecule has 1 aromatic carbocycles. The molecule has 17 heavy (non-hydrogen) atoms. The summed E-state index contributed by atoms with van der Waals surface area (Å²) in [6.07, 6.45) is 1.68. The zero-order valence-corrected chi connectivity index (χ0v) is 10.4. The Morgan fingerprint density at radius 3 is 2.76 bits per heavy atom. The van der Waals surface area contributed by atoms with Crippen molar-refractivity contribution in [3.63, 3.8) is 0 Å². The summed E-state index contributed by atoms with van der Waals surface area (Å²) < 4.78 is 23.4. The molecule has 0 atom stereocenters. The highest BCUT2D eigenvalue weighted by Gasteiger charge is 2.14. The minimum absolute atomic E-state index is 0.0294. The van der Waals surface area contributed by atoms with E-state index < -0.39 is 9.84 Å².